The number of carboxylic acids is 1. The number of nitrogens with zero attached hydrogens (tertiary/aromatic N) is 1. The van der Waals surface area contributed by atoms with E-state index in [1.165, 1.54) is 12.1 Å². The van der Waals surface area contributed by atoms with Crippen molar-refractivity contribution in [2.45, 2.75) is 58.2 Å². The topological polar surface area (TPSA) is 75.2 Å². The smallest absolute Gasteiger partial charge is 0.416 e. The highest BCUT2D eigenvalue weighted by atomic mass is 19.4. The SMILES string of the molecule is Cc1cc(OC(c2ccc(C(F)(F)F)cc2)c2c[nH]nc2C(C)(C)C)ccc1CCC(=O)O. The Morgan fingerprint density at radius 3 is 2.33 bits per heavy atom. The van der Waals surface area contributed by atoms with E-state index in [-0.39, 0.29) is 11.8 Å². The number of aryl methyl sites for hydroxylation is 2. The normalized spacial score (nSPS) is 13.1. The fraction of sp³-hybridized carbons (Fsp3) is 0.360. The van der Waals surface area contributed by atoms with Crippen LogP contribution in [0.25, 0.3) is 0 Å². The number of aromatic nitrogens is 2. The largest absolute Gasteiger partial charge is 0.481 e. The number of carbonyl (C=O) groups is 1. The summed E-state index contributed by atoms with van der Waals surface area (Å²) in [6, 6.07) is 10.3. The predicted molar refractivity (Wildman–Crippen MR) is 118 cm³/mol. The van der Waals surface area contributed by atoms with Gasteiger partial charge < -0.3 is 9.84 Å². The van der Waals surface area contributed by atoms with Crippen LogP contribution >= 0.6 is 0 Å². The molecule has 1 unspecified atom stereocenters. The Morgan fingerprint density at radius 1 is 1.12 bits per heavy atom. The molecule has 3 aromatic rings. The van der Waals surface area contributed by atoms with E-state index in [0.717, 1.165) is 34.5 Å². The van der Waals surface area contributed by atoms with Crippen molar-refractivity contribution in [2.24, 2.45) is 0 Å². The number of halogens is 3. The van der Waals surface area contributed by atoms with Gasteiger partial charge in [0.15, 0.2) is 6.10 Å². The Balaban J connectivity index is 1.99. The molecule has 0 saturated heterocycles. The van der Waals surface area contributed by atoms with Crippen LogP contribution in [0.15, 0.2) is 48.7 Å². The summed E-state index contributed by atoms with van der Waals surface area (Å²) in [5.74, 6) is -0.343. The molecule has 3 rings (SSSR count). The first-order valence-corrected chi connectivity index (χ1v) is 10.6. The molecular weight excluding hydrogens is 433 g/mol. The summed E-state index contributed by atoms with van der Waals surface area (Å²) in [6.45, 7) is 7.86. The Labute approximate surface area is 190 Å². The summed E-state index contributed by atoms with van der Waals surface area (Å²) in [5.41, 5.74) is 2.77. The predicted octanol–water partition coefficient (Wildman–Crippen LogP) is 6.22. The molecule has 0 bridgehead atoms. The van der Waals surface area contributed by atoms with Gasteiger partial charge in [0, 0.05) is 23.6 Å². The van der Waals surface area contributed by atoms with E-state index in [1.807, 2.05) is 39.8 Å². The maximum Gasteiger partial charge on any atom is 0.416 e. The zero-order chi connectivity index (χ0) is 24.4. The molecule has 0 aliphatic rings. The highest BCUT2D eigenvalue weighted by molar-refractivity contribution is 5.67. The lowest BCUT2D eigenvalue weighted by molar-refractivity contribution is -0.138. The van der Waals surface area contributed by atoms with Crippen LogP contribution < -0.4 is 4.74 Å². The highest BCUT2D eigenvalue weighted by Crippen LogP contribution is 2.36. The Kier molecular flexibility index (Phi) is 6.86. The molecule has 1 aromatic heterocycles. The van der Waals surface area contributed by atoms with E-state index in [2.05, 4.69) is 10.2 Å². The summed E-state index contributed by atoms with van der Waals surface area (Å²) < 4.78 is 45.5. The second-order valence-corrected chi connectivity index (χ2v) is 9.04. The number of benzene rings is 2. The maximum absolute atomic E-state index is 13.1. The molecule has 2 aromatic carbocycles. The fourth-order valence-corrected chi connectivity index (χ4v) is 3.66. The molecule has 0 fully saturated rings. The Morgan fingerprint density at radius 2 is 1.79 bits per heavy atom. The van der Waals surface area contributed by atoms with Gasteiger partial charge in [0.1, 0.15) is 5.75 Å². The van der Waals surface area contributed by atoms with Crippen LogP contribution in [0.4, 0.5) is 13.2 Å². The number of H-pyrrole nitrogens is 1. The molecular formula is C25H27F3N2O3. The summed E-state index contributed by atoms with van der Waals surface area (Å²) in [6.07, 6.45) is -2.98. The van der Waals surface area contributed by atoms with Crippen molar-refractivity contribution in [3.8, 4) is 5.75 Å². The van der Waals surface area contributed by atoms with Crippen LogP contribution in [-0.2, 0) is 22.8 Å². The lowest BCUT2D eigenvalue weighted by Gasteiger charge is -2.25. The number of aromatic amines is 1. The summed E-state index contributed by atoms with van der Waals surface area (Å²) in [5, 5.41) is 16.2. The van der Waals surface area contributed by atoms with Crippen molar-refractivity contribution < 1.29 is 27.8 Å². The number of alkyl halides is 3. The number of hydrogen-bond acceptors (Lipinski definition) is 3. The molecule has 0 aliphatic carbocycles. The van der Waals surface area contributed by atoms with Gasteiger partial charge in [0.25, 0.3) is 0 Å². The maximum atomic E-state index is 13.1. The van der Waals surface area contributed by atoms with E-state index in [0.29, 0.717) is 17.7 Å². The number of ether oxygens (including phenoxy) is 1. The molecule has 0 radical (unpaired) electrons. The van der Waals surface area contributed by atoms with Gasteiger partial charge in [-0.05, 0) is 54.3 Å². The van der Waals surface area contributed by atoms with Crippen LogP contribution in [-0.4, -0.2) is 21.3 Å². The van der Waals surface area contributed by atoms with E-state index in [1.54, 1.807) is 12.3 Å². The van der Waals surface area contributed by atoms with Crippen LogP contribution in [0, 0.1) is 6.92 Å². The van der Waals surface area contributed by atoms with Crippen LogP contribution in [0.1, 0.15) is 66.8 Å². The highest BCUT2D eigenvalue weighted by Gasteiger charge is 2.32. The van der Waals surface area contributed by atoms with Crippen molar-refractivity contribution in [1.82, 2.24) is 10.2 Å². The molecule has 1 heterocycles. The van der Waals surface area contributed by atoms with E-state index in [4.69, 9.17) is 9.84 Å². The molecule has 8 heteroatoms. The first-order valence-electron chi connectivity index (χ1n) is 10.6. The number of carboxylic acid groups (broad SMARTS) is 1. The molecule has 176 valence electrons. The first-order chi connectivity index (χ1) is 15.4. The minimum Gasteiger partial charge on any atom is -0.481 e. The molecule has 0 aliphatic heterocycles. The van der Waals surface area contributed by atoms with Crippen LogP contribution in [0.3, 0.4) is 0 Å². The van der Waals surface area contributed by atoms with E-state index < -0.39 is 23.8 Å². The van der Waals surface area contributed by atoms with Crippen molar-refractivity contribution in [2.75, 3.05) is 0 Å². The lowest BCUT2D eigenvalue weighted by Crippen LogP contribution is -2.19. The zero-order valence-corrected chi connectivity index (χ0v) is 19.0. The number of aliphatic carboxylic acids is 1. The standard InChI is InChI=1S/C25H27F3N2O3/c1-15-13-19(11-7-16(15)8-12-21(31)32)33-22(20-14-29-30-23(20)24(2,3)4)17-5-9-18(10-6-17)25(26,27)28/h5-7,9-11,13-14,22H,8,12H2,1-4H3,(H,29,30)(H,31,32). The van der Waals surface area contributed by atoms with Crippen molar-refractivity contribution in [3.05, 3.63) is 82.2 Å². The van der Waals surface area contributed by atoms with Crippen LogP contribution in [0.2, 0.25) is 0 Å². The monoisotopic (exact) mass is 460 g/mol. The minimum atomic E-state index is -4.43. The third kappa shape index (κ3) is 5.94. The van der Waals surface area contributed by atoms with Crippen LogP contribution in [0.5, 0.6) is 5.75 Å². The molecule has 1 atom stereocenters. The van der Waals surface area contributed by atoms with Gasteiger partial charge in [-0.2, -0.15) is 18.3 Å². The van der Waals surface area contributed by atoms with Gasteiger partial charge in [-0.25, -0.2) is 0 Å². The minimum absolute atomic E-state index is 0.0270. The van der Waals surface area contributed by atoms with Crippen molar-refractivity contribution in [3.63, 3.8) is 0 Å². The molecule has 0 spiro atoms. The summed E-state index contributed by atoms with van der Waals surface area (Å²) in [7, 11) is 0. The average molecular weight is 460 g/mol. The summed E-state index contributed by atoms with van der Waals surface area (Å²) >= 11 is 0. The molecule has 2 N–H and O–H groups in total. The fourth-order valence-electron chi connectivity index (χ4n) is 3.66. The van der Waals surface area contributed by atoms with Gasteiger partial charge in [-0.3, -0.25) is 9.89 Å². The lowest BCUT2D eigenvalue weighted by atomic mass is 9.86. The second-order valence-electron chi connectivity index (χ2n) is 9.04. The third-order valence-electron chi connectivity index (χ3n) is 5.38. The zero-order valence-electron chi connectivity index (χ0n) is 19.0. The van der Waals surface area contributed by atoms with Gasteiger partial charge in [0.2, 0.25) is 0 Å². The summed E-state index contributed by atoms with van der Waals surface area (Å²) in [4.78, 5) is 10.9. The van der Waals surface area contributed by atoms with Crippen molar-refractivity contribution in [1.29, 1.82) is 0 Å². The van der Waals surface area contributed by atoms with Gasteiger partial charge in [-0.15, -0.1) is 0 Å². The van der Waals surface area contributed by atoms with Gasteiger partial charge in [0.05, 0.1) is 11.3 Å². The van der Waals surface area contributed by atoms with Gasteiger partial charge >= 0.3 is 12.1 Å². The Hall–Kier alpha value is -3.29. The second kappa shape index (κ2) is 9.29. The number of nitrogens with one attached hydrogen (secondary N) is 1. The Bertz CT molecular complexity index is 1110. The molecule has 0 saturated carbocycles. The van der Waals surface area contributed by atoms with Crippen molar-refractivity contribution >= 4 is 5.97 Å². The number of rotatable bonds is 7. The van der Waals surface area contributed by atoms with Gasteiger partial charge in [-0.1, -0.05) is 39.0 Å². The van der Waals surface area contributed by atoms with E-state index >= 15 is 0 Å². The molecule has 33 heavy (non-hydrogen) atoms. The average Bonchev–Trinajstić information content (AvgIpc) is 3.21. The van der Waals surface area contributed by atoms with E-state index in [9.17, 15) is 18.0 Å². The number of hydrogen-bond donors (Lipinski definition) is 2. The quantitative estimate of drug-likeness (QED) is 0.439. The molecule has 5 nitrogen and oxygen atoms in total. The molecule has 0 amide bonds. The first kappa shape index (κ1) is 24.4. The third-order valence-corrected chi connectivity index (χ3v) is 5.38.